The van der Waals surface area contributed by atoms with Crippen LogP contribution in [0.2, 0.25) is 5.02 Å². The van der Waals surface area contributed by atoms with E-state index in [0.717, 1.165) is 21.6 Å². The molecule has 3 rings (SSSR count). The summed E-state index contributed by atoms with van der Waals surface area (Å²) in [6.07, 6.45) is 2.03. The molecule has 0 radical (unpaired) electrons. The summed E-state index contributed by atoms with van der Waals surface area (Å²) in [4.78, 5) is 5.54. The van der Waals surface area contributed by atoms with Gasteiger partial charge in [0.1, 0.15) is 17.5 Å². The predicted octanol–water partition coefficient (Wildman–Crippen LogP) is 5.24. The summed E-state index contributed by atoms with van der Waals surface area (Å²) in [6, 6.07) is 19.5. The molecule has 3 nitrogen and oxygen atoms in total. The maximum Gasteiger partial charge on any atom is 0.142 e. The van der Waals surface area contributed by atoms with E-state index >= 15 is 0 Å². The van der Waals surface area contributed by atoms with Crippen LogP contribution >= 0.6 is 23.4 Å². The van der Waals surface area contributed by atoms with Crippen LogP contribution in [-0.2, 0) is 0 Å². The Morgan fingerprint density at radius 1 is 1.04 bits per heavy atom. The van der Waals surface area contributed by atoms with Gasteiger partial charge in [0, 0.05) is 21.0 Å². The molecule has 1 heterocycles. The lowest BCUT2D eigenvalue weighted by Crippen LogP contribution is -1.99. The van der Waals surface area contributed by atoms with Gasteiger partial charge in [0.2, 0.25) is 0 Å². The highest BCUT2D eigenvalue weighted by Crippen LogP contribution is 2.32. The quantitative estimate of drug-likeness (QED) is 0.655. The molecule has 1 aromatic heterocycles. The van der Waals surface area contributed by atoms with Gasteiger partial charge in [-0.15, -0.1) is 11.8 Å². The van der Waals surface area contributed by atoms with Crippen LogP contribution in [0.1, 0.15) is 5.56 Å². The van der Waals surface area contributed by atoms with Gasteiger partial charge >= 0.3 is 0 Å². The van der Waals surface area contributed by atoms with Crippen LogP contribution in [0, 0.1) is 11.3 Å². The van der Waals surface area contributed by atoms with Crippen LogP contribution in [0.15, 0.2) is 59.5 Å². The minimum absolute atomic E-state index is 0.230. The monoisotopic (exact) mass is 351 g/mol. The Morgan fingerprint density at radius 2 is 1.67 bits per heavy atom. The molecule has 5 heteroatoms. The van der Waals surface area contributed by atoms with Gasteiger partial charge in [-0.25, -0.2) is 4.98 Å². The second kappa shape index (κ2) is 6.96. The van der Waals surface area contributed by atoms with E-state index in [2.05, 4.69) is 11.1 Å². The first-order chi connectivity index (χ1) is 11.6. The zero-order chi connectivity index (χ0) is 17.1. The summed E-state index contributed by atoms with van der Waals surface area (Å²) in [5.41, 5.74) is 9.76. The minimum atomic E-state index is 0.230. The van der Waals surface area contributed by atoms with E-state index in [-0.39, 0.29) is 5.82 Å². The highest BCUT2D eigenvalue weighted by Gasteiger charge is 2.13. The number of anilines is 1. The van der Waals surface area contributed by atoms with Gasteiger partial charge in [0.05, 0.1) is 5.69 Å². The van der Waals surface area contributed by atoms with E-state index < -0.39 is 0 Å². The van der Waals surface area contributed by atoms with Crippen molar-refractivity contribution in [1.29, 1.82) is 5.26 Å². The van der Waals surface area contributed by atoms with Crippen LogP contribution in [0.3, 0.4) is 0 Å². The molecule has 0 fully saturated rings. The number of thioether (sulfide) groups is 1. The van der Waals surface area contributed by atoms with Crippen molar-refractivity contribution in [3.05, 3.63) is 65.2 Å². The fourth-order valence-electron chi connectivity index (χ4n) is 2.45. The van der Waals surface area contributed by atoms with Crippen LogP contribution in [0.4, 0.5) is 5.82 Å². The molecule has 24 heavy (non-hydrogen) atoms. The number of hydrogen-bond donors (Lipinski definition) is 1. The van der Waals surface area contributed by atoms with Crippen LogP contribution in [0.5, 0.6) is 0 Å². The van der Waals surface area contributed by atoms with Crippen LogP contribution in [0.25, 0.3) is 22.4 Å². The molecule has 0 aliphatic heterocycles. The Kier molecular flexibility index (Phi) is 4.75. The van der Waals surface area contributed by atoms with Crippen molar-refractivity contribution in [1.82, 2.24) is 4.98 Å². The third-order valence-electron chi connectivity index (χ3n) is 3.70. The van der Waals surface area contributed by atoms with E-state index in [1.807, 2.05) is 48.7 Å². The normalized spacial score (nSPS) is 10.4. The molecule has 0 aliphatic rings. The fourth-order valence-corrected chi connectivity index (χ4v) is 2.98. The molecule has 0 unspecified atom stereocenters. The summed E-state index contributed by atoms with van der Waals surface area (Å²) in [7, 11) is 0. The molecular formula is C19H14ClN3S. The number of nitrogens with zero attached hydrogens (tertiary/aromatic N) is 2. The summed E-state index contributed by atoms with van der Waals surface area (Å²) in [5.74, 6) is 0.230. The van der Waals surface area contributed by atoms with E-state index in [1.165, 1.54) is 0 Å². The average molecular weight is 352 g/mol. The topological polar surface area (TPSA) is 62.7 Å². The van der Waals surface area contributed by atoms with Crippen molar-refractivity contribution in [2.75, 3.05) is 12.0 Å². The average Bonchev–Trinajstić information content (AvgIpc) is 2.61. The maximum atomic E-state index is 9.47. The van der Waals surface area contributed by atoms with Gasteiger partial charge in [-0.2, -0.15) is 5.26 Å². The number of halogens is 1. The number of rotatable bonds is 3. The Bertz CT molecular complexity index is 913. The SMILES string of the molecule is CSc1ccc(-c2cc(-c3ccc(Cl)cc3)nc(N)c2C#N)cc1. The number of aromatic nitrogens is 1. The zero-order valence-electron chi connectivity index (χ0n) is 13.0. The Balaban J connectivity index is 2.16. The smallest absolute Gasteiger partial charge is 0.142 e. The lowest BCUT2D eigenvalue weighted by atomic mass is 9.98. The lowest BCUT2D eigenvalue weighted by Gasteiger charge is -2.11. The first kappa shape index (κ1) is 16.4. The first-order valence-electron chi connectivity index (χ1n) is 7.23. The van der Waals surface area contributed by atoms with Gasteiger partial charge in [0.25, 0.3) is 0 Å². The molecule has 118 valence electrons. The van der Waals surface area contributed by atoms with Gasteiger partial charge in [-0.3, -0.25) is 0 Å². The number of nitrogen functional groups attached to an aromatic ring is 1. The highest BCUT2D eigenvalue weighted by atomic mass is 35.5. The van der Waals surface area contributed by atoms with Gasteiger partial charge in [0.15, 0.2) is 0 Å². The fraction of sp³-hybridized carbons (Fsp3) is 0.0526. The van der Waals surface area contributed by atoms with Gasteiger partial charge in [-0.1, -0.05) is 35.9 Å². The van der Waals surface area contributed by atoms with Crippen molar-refractivity contribution in [2.45, 2.75) is 4.90 Å². The summed E-state index contributed by atoms with van der Waals surface area (Å²) in [5, 5.41) is 10.1. The third kappa shape index (κ3) is 3.23. The molecule has 2 aromatic carbocycles. The molecule has 0 saturated heterocycles. The number of nitriles is 1. The van der Waals surface area contributed by atoms with Crippen molar-refractivity contribution in [2.24, 2.45) is 0 Å². The number of pyridine rings is 1. The van der Waals surface area contributed by atoms with Crippen molar-refractivity contribution >= 4 is 29.2 Å². The zero-order valence-corrected chi connectivity index (χ0v) is 14.5. The maximum absolute atomic E-state index is 9.47. The predicted molar refractivity (Wildman–Crippen MR) is 101 cm³/mol. The molecule has 0 bridgehead atoms. The Labute approximate surface area is 150 Å². The lowest BCUT2D eigenvalue weighted by molar-refractivity contribution is 1.31. The Morgan fingerprint density at radius 3 is 2.25 bits per heavy atom. The molecule has 0 aliphatic carbocycles. The number of nitrogens with two attached hydrogens (primary N) is 1. The van der Waals surface area contributed by atoms with E-state index in [1.54, 1.807) is 23.9 Å². The van der Waals surface area contributed by atoms with Crippen molar-refractivity contribution in [3.63, 3.8) is 0 Å². The number of benzene rings is 2. The second-order valence-electron chi connectivity index (χ2n) is 5.16. The molecular weight excluding hydrogens is 338 g/mol. The third-order valence-corrected chi connectivity index (χ3v) is 4.70. The summed E-state index contributed by atoms with van der Waals surface area (Å²) in [6.45, 7) is 0. The summed E-state index contributed by atoms with van der Waals surface area (Å²) >= 11 is 7.62. The highest BCUT2D eigenvalue weighted by molar-refractivity contribution is 7.98. The van der Waals surface area contributed by atoms with E-state index in [9.17, 15) is 5.26 Å². The summed E-state index contributed by atoms with van der Waals surface area (Å²) < 4.78 is 0. The van der Waals surface area contributed by atoms with Gasteiger partial charge < -0.3 is 5.73 Å². The molecule has 0 amide bonds. The van der Waals surface area contributed by atoms with Crippen LogP contribution in [-0.4, -0.2) is 11.2 Å². The van der Waals surface area contributed by atoms with Crippen molar-refractivity contribution in [3.8, 4) is 28.5 Å². The largest absolute Gasteiger partial charge is 0.383 e. The van der Waals surface area contributed by atoms with Gasteiger partial charge in [-0.05, 0) is 42.2 Å². The molecule has 3 aromatic rings. The first-order valence-corrected chi connectivity index (χ1v) is 8.83. The molecule has 0 atom stereocenters. The Hall–Kier alpha value is -2.48. The van der Waals surface area contributed by atoms with E-state index in [0.29, 0.717) is 16.3 Å². The van der Waals surface area contributed by atoms with Crippen molar-refractivity contribution < 1.29 is 0 Å². The second-order valence-corrected chi connectivity index (χ2v) is 6.48. The molecule has 2 N–H and O–H groups in total. The molecule has 0 saturated carbocycles. The van der Waals surface area contributed by atoms with Crippen LogP contribution < -0.4 is 5.73 Å². The van der Waals surface area contributed by atoms with E-state index in [4.69, 9.17) is 17.3 Å². The standard InChI is InChI=1S/C19H14ClN3S/c1-24-15-8-4-12(5-9-15)16-10-18(23-19(22)17(16)11-21)13-2-6-14(20)7-3-13/h2-10H,1H3,(H2,22,23). The number of hydrogen-bond acceptors (Lipinski definition) is 4. The molecule has 0 spiro atoms. The minimum Gasteiger partial charge on any atom is -0.383 e.